The minimum Gasteiger partial charge on any atom is -0.449 e. The first-order valence-electron chi connectivity index (χ1n) is 19.4. The molecular weight excluding hydrogens is 819 g/mol. The van der Waals surface area contributed by atoms with Gasteiger partial charge in [-0.25, -0.2) is 9.59 Å². The fourth-order valence-corrected chi connectivity index (χ4v) is 8.51. The van der Waals surface area contributed by atoms with E-state index in [9.17, 15) is 45.5 Å². The minimum atomic E-state index is -5.38. The van der Waals surface area contributed by atoms with Crippen LogP contribution in [0.3, 0.4) is 0 Å². The third kappa shape index (κ3) is 10.9. The Bertz CT molecular complexity index is 2260. The van der Waals surface area contributed by atoms with Gasteiger partial charge in [0.05, 0.1) is 29.8 Å². The van der Waals surface area contributed by atoms with Gasteiger partial charge in [-0.15, -0.1) is 11.3 Å². The number of carbonyl (C=O) groups excluding carboxylic acids is 3. The van der Waals surface area contributed by atoms with E-state index in [1.54, 1.807) is 11.3 Å². The van der Waals surface area contributed by atoms with Crippen molar-refractivity contribution in [1.82, 2.24) is 20.1 Å². The number of hydrogen-bond donors (Lipinski definition) is 2. The summed E-state index contributed by atoms with van der Waals surface area (Å²) in [5.41, 5.74) is 0.166. The van der Waals surface area contributed by atoms with Gasteiger partial charge in [0.1, 0.15) is 6.10 Å². The normalized spacial score (nSPS) is 16.9. The maximum absolute atomic E-state index is 13.5. The number of nitrogens with one attached hydrogen (secondary N) is 2. The molecule has 2 aliphatic heterocycles. The predicted molar refractivity (Wildman–Crippen MR) is 211 cm³/mol. The third-order valence-corrected chi connectivity index (χ3v) is 11.9. The SMILES string of the molecule is CC(C)c1cc(C(=O)N2CCOC3(CCN(Cc4cccc(CC(C)(C)NC[C@H](OC(=O)C(F)(F)F)c5ccc(OC(=O)C(F)(F)F)c6[nH]c(=O)ccc56)c4)CC3)C2)cs1. The van der Waals surface area contributed by atoms with Gasteiger partial charge < -0.3 is 29.4 Å². The van der Waals surface area contributed by atoms with Crippen LogP contribution in [0.1, 0.15) is 84.5 Å². The molecular formula is C42H46F6N4O7S. The van der Waals surface area contributed by atoms with Crippen LogP contribution in [0.15, 0.2) is 64.8 Å². The highest BCUT2D eigenvalue weighted by molar-refractivity contribution is 7.10. The number of halogens is 6. The number of thiophene rings is 1. The van der Waals surface area contributed by atoms with E-state index >= 15 is 0 Å². The molecule has 2 fully saturated rings. The van der Waals surface area contributed by atoms with Crippen LogP contribution in [-0.4, -0.2) is 95.5 Å². The van der Waals surface area contributed by atoms with Crippen molar-refractivity contribution >= 4 is 40.1 Å². The van der Waals surface area contributed by atoms with Crippen molar-refractivity contribution in [3.8, 4) is 5.75 Å². The molecule has 0 saturated carbocycles. The van der Waals surface area contributed by atoms with E-state index in [2.05, 4.69) is 33.8 Å². The number of pyridine rings is 1. The first-order valence-corrected chi connectivity index (χ1v) is 20.3. The molecule has 324 valence electrons. The second-order valence-corrected chi connectivity index (χ2v) is 17.2. The summed E-state index contributed by atoms with van der Waals surface area (Å²) in [6.07, 6.45) is -10.5. The van der Waals surface area contributed by atoms with Crippen LogP contribution in [-0.2, 0) is 32.0 Å². The number of hydrogen-bond acceptors (Lipinski definition) is 10. The van der Waals surface area contributed by atoms with Crippen LogP contribution in [0.25, 0.3) is 10.9 Å². The molecule has 4 heterocycles. The second kappa shape index (κ2) is 17.7. The third-order valence-electron chi connectivity index (χ3n) is 10.7. The Morgan fingerprint density at radius 3 is 2.30 bits per heavy atom. The number of piperidine rings is 1. The van der Waals surface area contributed by atoms with Crippen LogP contribution < -0.4 is 15.6 Å². The molecule has 0 aliphatic carbocycles. The maximum Gasteiger partial charge on any atom is 0.491 e. The number of fused-ring (bicyclic) bond motifs is 1. The Morgan fingerprint density at radius 1 is 0.933 bits per heavy atom. The van der Waals surface area contributed by atoms with E-state index in [4.69, 9.17) is 9.47 Å². The van der Waals surface area contributed by atoms with Gasteiger partial charge in [0.25, 0.3) is 5.91 Å². The molecule has 2 saturated heterocycles. The monoisotopic (exact) mass is 864 g/mol. The second-order valence-electron chi connectivity index (χ2n) is 16.2. The highest BCUT2D eigenvalue weighted by Crippen LogP contribution is 2.35. The minimum absolute atomic E-state index is 0.0344. The molecule has 0 radical (unpaired) electrons. The zero-order valence-corrected chi connectivity index (χ0v) is 34.2. The number of aromatic nitrogens is 1. The first kappa shape index (κ1) is 44.8. The van der Waals surface area contributed by atoms with Crippen molar-refractivity contribution in [1.29, 1.82) is 0 Å². The lowest BCUT2D eigenvalue weighted by molar-refractivity contribution is -0.205. The summed E-state index contributed by atoms with van der Waals surface area (Å²) in [6, 6.07) is 13.9. The molecule has 1 atom stereocenters. The van der Waals surface area contributed by atoms with Gasteiger partial charge in [-0.3, -0.25) is 14.5 Å². The summed E-state index contributed by atoms with van der Waals surface area (Å²) < 4.78 is 95.1. The number of morpholine rings is 1. The number of alkyl halides is 6. The lowest BCUT2D eigenvalue weighted by atomic mass is 9.88. The number of benzene rings is 2. The smallest absolute Gasteiger partial charge is 0.449 e. The molecule has 11 nitrogen and oxygen atoms in total. The van der Waals surface area contributed by atoms with Crippen LogP contribution in [0.4, 0.5) is 26.3 Å². The molecule has 2 aliphatic rings. The van der Waals surface area contributed by atoms with E-state index < -0.39 is 58.4 Å². The Balaban J connectivity index is 1.10. The number of nitrogens with zero attached hydrogens (tertiary/aromatic N) is 2. The molecule has 2 aromatic heterocycles. The van der Waals surface area contributed by atoms with Crippen molar-refractivity contribution in [2.45, 2.75) is 89.0 Å². The molecule has 60 heavy (non-hydrogen) atoms. The van der Waals surface area contributed by atoms with Gasteiger partial charge in [-0.2, -0.15) is 26.3 Å². The fourth-order valence-electron chi connectivity index (χ4n) is 7.61. The predicted octanol–water partition coefficient (Wildman–Crippen LogP) is 7.45. The van der Waals surface area contributed by atoms with Crippen molar-refractivity contribution in [3.05, 3.63) is 97.5 Å². The number of H-pyrrole nitrogens is 1. The topological polar surface area (TPSA) is 130 Å². The van der Waals surface area contributed by atoms with Crippen LogP contribution in [0.5, 0.6) is 5.75 Å². The molecule has 2 N–H and O–H groups in total. The standard InChI is InChI=1S/C42H46F6N4O7S/c1-25(2)33-19-28(23-60-33)36(54)52-16-17-57-40(24-52)12-14-51(15-13-40)22-27-7-5-6-26(18-27)20-39(3,4)49-21-32(59-38(56)42(46,47)48)29-8-10-31(58-37(55)41(43,44)45)35-30(29)9-11-34(53)50-35/h5-11,18-19,23,25,32,49H,12-17,20-22,24H2,1-4H3,(H,50,53)/t32-/m0/s1. The van der Waals surface area contributed by atoms with Crippen LogP contribution in [0.2, 0.25) is 0 Å². The maximum atomic E-state index is 13.5. The summed E-state index contributed by atoms with van der Waals surface area (Å²) in [5, 5.41) is 4.99. The molecule has 0 bridgehead atoms. The van der Waals surface area contributed by atoms with E-state index in [1.807, 2.05) is 54.5 Å². The molecule has 0 unspecified atom stereocenters. The Morgan fingerprint density at radius 2 is 1.63 bits per heavy atom. The molecule has 1 amide bonds. The quantitative estimate of drug-likeness (QED) is 0.0848. The zero-order chi connectivity index (χ0) is 43.6. The molecule has 18 heteroatoms. The molecule has 6 rings (SSSR count). The summed E-state index contributed by atoms with van der Waals surface area (Å²) >= 11 is 1.61. The zero-order valence-electron chi connectivity index (χ0n) is 33.4. The van der Waals surface area contributed by atoms with Crippen LogP contribution >= 0.6 is 11.3 Å². The molecule has 2 aromatic carbocycles. The van der Waals surface area contributed by atoms with E-state index in [0.29, 0.717) is 38.6 Å². The first-order chi connectivity index (χ1) is 28.1. The lowest BCUT2D eigenvalue weighted by Gasteiger charge is -2.47. The molecule has 4 aromatic rings. The van der Waals surface area contributed by atoms with Gasteiger partial charge in [0.15, 0.2) is 5.75 Å². The van der Waals surface area contributed by atoms with E-state index in [-0.39, 0.29) is 23.4 Å². The number of ether oxygens (including phenoxy) is 3. The lowest BCUT2D eigenvalue weighted by Crippen LogP contribution is -2.57. The number of rotatable bonds is 12. The highest BCUT2D eigenvalue weighted by atomic mass is 32.1. The average Bonchev–Trinajstić information content (AvgIpc) is 3.68. The van der Waals surface area contributed by atoms with Crippen molar-refractivity contribution < 1.29 is 54.9 Å². The summed E-state index contributed by atoms with van der Waals surface area (Å²) in [5.74, 6) is -5.40. The number of esters is 2. The highest BCUT2D eigenvalue weighted by Gasteiger charge is 2.44. The van der Waals surface area contributed by atoms with Gasteiger partial charge in [0.2, 0.25) is 5.56 Å². The molecule has 1 spiro atoms. The average molecular weight is 865 g/mol. The number of amides is 1. The van der Waals surface area contributed by atoms with Gasteiger partial charge >= 0.3 is 24.3 Å². The fraction of sp³-hybridized carbons (Fsp3) is 0.476. The van der Waals surface area contributed by atoms with Crippen molar-refractivity contribution in [2.24, 2.45) is 0 Å². The van der Waals surface area contributed by atoms with Crippen LogP contribution in [0, 0.1) is 0 Å². The summed E-state index contributed by atoms with van der Waals surface area (Å²) in [6.45, 7) is 11.2. The number of aromatic amines is 1. The number of carbonyl (C=O) groups is 3. The Labute approximate surface area is 346 Å². The van der Waals surface area contributed by atoms with E-state index in [0.717, 1.165) is 66.9 Å². The Hall–Kier alpha value is -4.78. The van der Waals surface area contributed by atoms with Crippen molar-refractivity contribution in [3.63, 3.8) is 0 Å². The largest absolute Gasteiger partial charge is 0.491 e. The number of likely N-dealkylation sites (tertiary alicyclic amines) is 1. The van der Waals surface area contributed by atoms with Gasteiger partial charge in [-0.1, -0.05) is 44.2 Å². The van der Waals surface area contributed by atoms with Gasteiger partial charge in [-0.05, 0) is 68.4 Å². The van der Waals surface area contributed by atoms with E-state index in [1.165, 1.54) is 4.88 Å². The van der Waals surface area contributed by atoms with Crippen molar-refractivity contribution in [2.75, 3.05) is 39.3 Å². The summed E-state index contributed by atoms with van der Waals surface area (Å²) in [7, 11) is 0. The summed E-state index contributed by atoms with van der Waals surface area (Å²) in [4.78, 5) is 56.9. The van der Waals surface area contributed by atoms with Gasteiger partial charge in [0, 0.05) is 65.5 Å². The Kier molecular flexibility index (Phi) is 13.2.